The monoisotopic (exact) mass is 437 g/mol. The summed E-state index contributed by atoms with van der Waals surface area (Å²) >= 11 is 5.98. The van der Waals surface area contributed by atoms with E-state index in [0.717, 1.165) is 18.8 Å². The molecule has 1 amide bonds. The Kier molecular flexibility index (Phi) is 4.91. The number of amides is 1. The van der Waals surface area contributed by atoms with E-state index in [1.54, 1.807) is 17.1 Å². The second kappa shape index (κ2) is 7.88. The number of piperazine rings is 1. The Morgan fingerprint density at radius 2 is 1.87 bits per heavy atom. The number of H-pyrrole nitrogens is 1. The summed E-state index contributed by atoms with van der Waals surface area (Å²) in [5.41, 5.74) is 8.21. The normalized spacial score (nSPS) is 14.4. The Morgan fingerprint density at radius 3 is 2.58 bits per heavy atom. The summed E-state index contributed by atoms with van der Waals surface area (Å²) in [6.45, 7) is 2.82. The van der Waals surface area contributed by atoms with Crippen molar-refractivity contribution in [1.82, 2.24) is 34.6 Å². The summed E-state index contributed by atoms with van der Waals surface area (Å²) < 4.78 is 1.57. The number of benzene rings is 1. The Labute approximate surface area is 182 Å². The van der Waals surface area contributed by atoms with Gasteiger partial charge in [-0.05, 0) is 24.3 Å². The maximum Gasteiger partial charge on any atom is 0.244 e. The van der Waals surface area contributed by atoms with Gasteiger partial charge >= 0.3 is 0 Å². The van der Waals surface area contributed by atoms with Gasteiger partial charge in [-0.3, -0.25) is 4.79 Å². The van der Waals surface area contributed by atoms with Crippen LogP contribution in [0.5, 0.6) is 0 Å². The number of aromatic nitrogens is 6. The van der Waals surface area contributed by atoms with Gasteiger partial charge in [-0.25, -0.2) is 19.6 Å². The highest BCUT2D eigenvalue weighted by atomic mass is 35.5. The lowest BCUT2D eigenvalue weighted by atomic mass is 10.2. The Morgan fingerprint density at radius 1 is 1.10 bits per heavy atom. The van der Waals surface area contributed by atoms with E-state index in [1.165, 1.54) is 6.33 Å². The quantitative estimate of drug-likeness (QED) is 0.499. The van der Waals surface area contributed by atoms with Gasteiger partial charge in [-0.1, -0.05) is 11.6 Å². The number of rotatable bonds is 4. The number of hydrogen-bond donors (Lipinski definition) is 2. The van der Waals surface area contributed by atoms with Crippen molar-refractivity contribution in [2.75, 3.05) is 36.8 Å². The second-order valence-corrected chi connectivity index (χ2v) is 7.68. The highest BCUT2D eigenvalue weighted by Gasteiger charge is 2.24. The highest BCUT2D eigenvalue weighted by molar-refractivity contribution is 6.30. The maximum atomic E-state index is 13.0. The van der Waals surface area contributed by atoms with Crippen molar-refractivity contribution in [1.29, 1.82) is 0 Å². The molecule has 0 unspecified atom stereocenters. The molecule has 5 rings (SSSR count). The van der Waals surface area contributed by atoms with E-state index in [4.69, 9.17) is 17.3 Å². The number of carbonyl (C=O) groups is 1. The highest BCUT2D eigenvalue weighted by Crippen LogP contribution is 2.28. The molecule has 0 spiro atoms. The van der Waals surface area contributed by atoms with Gasteiger partial charge in [0.25, 0.3) is 0 Å². The zero-order chi connectivity index (χ0) is 21.4. The molecule has 3 N–H and O–H groups in total. The fourth-order valence-corrected chi connectivity index (χ4v) is 3.92. The lowest BCUT2D eigenvalue weighted by Crippen LogP contribution is -2.49. The molecule has 1 aliphatic rings. The third-order valence-corrected chi connectivity index (χ3v) is 5.64. The minimum Gasteiger partial charge on any atom is -0.383 e. The lowest BCUT2D eigenvalue weighted by molar-refractivity contribution is -0.132. The summed E-state index contributed by atoms with van der Waals surface area (Å²) in [5, 5.41) is 5.86. The van der Waals surface area contributed by atoms with E-state index in [2.05, 4.69) is 29.9 Å². The molecule has 158 valence electrons. The number of anilines is 2. The third-order valence-electron chi connectivity index (χ3n) is 5.39. The average molecular weight is 438 g/mol. The van der Waals surface area contributed by atoms with Gasteiger partial charge in [0.15, 0.2) is 11.5 Å². The minimum atomic E-state index is -0.0247. The van der Waals surface area contributed by atoms with E-state index >= 15 is 0 Å². The van der Waals surface area contributed by atoms with Crippen molar-refractivity contribution in [3.05, 3.63) is 48.0 Å². The van der Waals surface area contributed by atoms with Crippen LogP contribution in [0, 0.1) is 0 Å². The number of nitrogens with one attached hydrogen (secondary N) is 1. The van der Waals surface area contributed by atoms with Crippen LogP contribution < -0.4 is 10.6 Å². The number of halogens is 1. The molecule has 1 fully saturated rings. The van der Waals surface area contributed by atoms with Gasteiger partial charge in [0.2, 0.25) is 5.91 Å². The number of nitrogens with zero attached hydrogens (tertiary/aromatic N) is 7. The molecular formula is C20H20ClN9O. The lowest BCUT2D eigenvalue weighted by Gasteiger charge is -2.36. The van der Waals surface area contributed by atoms with Gasteiger partial charge in [0.1, 0.15) is 24.4 Å². The molecule has 0 bridgehead atoms. The molecule has 1 aromatic carbocycles. The van der Waals surface area contributed by atoms with Crippen molar-refractivity contribution in [2.24, 2.45) is 0 Å². The number of imidazole rings is 1. The van der Waals surface area contributed by atoms with Crippen molar-refractivity contribution in [2.45, 2.75) is 6.54 Å². The summed E-state index contributed by atoms with van der Waals surface area (Å²) in [6, 6.07) is 7.74. The van der Waals surface area contributed by atoms with Crippen molar-refractivity contribution in [3.8, 4) is 11.5 Å². The summed E-state index contributed by atoms with van der Waals surface area (Å²) in [4.78, 5) is 32.7. The van der Waals surface area contributed by atoms with Gasteiger partial charge in [0, 0.05) is 49.3 Å². The molecule has 4 aromatic rings. The van der Waals surface area contributed by atoms with Gasteiger partial charge in [-0.15, -0.1) is 0 Å². The standard InChI is InChI=1S/C20H20ClN9O/c21-13-1-3-14(4-2-13)28-7-9-29(10-8-28)15(31)11-30-20-16(18(22)25-12-26-20)17(27-30)19-23-5-6-24-19/h1-6,12H,7-11H2,(H,23,24)(H2,22,25,26). The van der Waals surface area contributed by atoms with E-state index in [1.807, 2.05) is 29.2 Å². The fourth-order valence-electron chi connectivity index (χ4n) is 3.80. The minimum absolute atomic E-state index is 0.0247. The largest absolute Gasteiger partial charge is 0.383 e. The van der Waals surface area contributed by atoms with Crippen LogP contribution in [-0.2, 0) is 11.3 Å². The molecule has 3 aromatic heterocycles. The molecule has 0 saturated carbocycles. The predicted octanol–water partition coefficient (Wildman–Crippen LogP) is 1.80. The van der Waals surface area contributed by atoms with Crippen LogP contribution in [0.15, 0.2) is 43.0 Å². The molecule has 1 saturated heterocycles. The molecule has 11 heteroatoms. The molecule has 0 atom stereocenters. The Bertz CT molecular complexity index is 1210. The van der Waals surface area contributed by atoms with Crippen LogP contribution in [-0.4, -0.2) is 66.7 Å². The summed E-state index contributed by atoms with van der Waals surface area (Å²) in [7, 11) is 0. The van der Waals surface area contributed by atoms with Crippen molar-refractivity contribution in [3.63, 3.8) is 0 Å². The van der Waals surface area contributed by atoms with Crippen molar-refractivity contribution < 1.29 is 4.79 Å². The number of nitrogens with two attached hydrogens (primary N) is 1. The average Bonchev–Trinajstić information content (AvgIpc) is 3.44. The first-order valence-corrected chi connectivity index (χ1v) is 10.2. The first kappa shape index (κ1) is 19.3. The van der Waals surface area contributed by atoms with Crippen LogP contribution in [0.3, 0.4) is 0 Å². The van der Waals surface area contributed by atoms with E-state index in [9.17, 15) is 4.79 Å². The van der Waals surface area contributed by atoms with E-state index in [0.29, 0.717) is 46.5 Å². The zero-order valence-corrected chi connectivity index (χ0v) is 17.3. The number of hydrogen-bond acceptors (Lipinski definition) is 7. The Balaban J connectivity index is 1.33. The number of nitrogen functional groups attached to an aromatic ring is 1. The van der Waals surface area contributed by atoms with Gasteiger partial charge < -0.3 is 20.5 Å². The smallest absolute Gasteiger partial charge is 0.244 e. The first-order chi connectivity index (χ1) is 15.1. The van der Waals surface area contributed by atoms with Gasteiger partial charge in [0.05, 0.1) is 5.39 Å². The van der Waals surface area contributed by atoms with Crippen LogP contribution in [0.25, 0.3) is 22.6 Å². The predicted molar refractivity (Wildman–Crippen MR) is 118 cm³/mol. The van der Waals surface area contributed by atoms with Crippen LogP contribution in [0.4, 0.5) is 11.5 Å². The molecule has 10 nitrogen and oxygen atoms in total. The van der Waals surface area contributed by atoms with E-state index < -0.39 is 0 Å². The molecule has 0 radical (unpaired) electrons. The van der Waals surface area contributed by atoms with Crippen LogP contribution in [0.2, 0.25) is 5.02 Å². The zero-order valence-electron chi connectivity index (χ0n) is 16.6. The molecule has 1 aliphatic heterocycles. The second-order valence-electron chi connectivity index (χ2n) is 7.25. The van der Waals surface area contributed by atoms with E-state index in [-0.39, 0.29) is 12.5 Å². The number of aromatic amines is 1. The first-order valence-electron chi connectivity index (χ1n) is 9.85. The van der Waals surface area contributed by atoms with Crippen molar-refractivity contribution >= 4 is 40.0 Å². The topological polar surface area (TPSA) is 122 Å². The van der Waals surface area contributed by atoms with Gasteiger partial charge in [-0.2, -0.15) is 5.10 Å². The molecule has 4 heterocycles. The number of carbonyl (C=O) groups excluding carboxylic acids is 1. The fraction of sp³-hybridized carbons (Fsp3) is 0.250. The third kappa shape index (κ3) is 3.66. The summed E-state index contributed by atoms with van der Waals surface area (Å²) in [5.74, 6) is 0.823. The molecule has 0 aliphatic carbocycles. The Hall–Kier alpha value is -3.66. The molecule has 31 heavy (non-hydrogen) atoms. The SMILES string of the molecule is Nc1ncnc2c1c(-c1ncc[nH]1)nn2CC(=O)N1CCN(c2ccc(Cl)cc2)CC1. The maximum absolute atomic E-state index is 13.0. The summed E-state index contributed by atoms with van der Waals surface area (Å²) in [6.07, 6.45) is 4.70. The molecular weight excluding hydrogens is 418 g/mol. The van der Waals surface area contributed by atoms with Crippen LogP contribution >= 0.6 is 11.6 Å². The van der Waals surface area contributed by atoms with Crippen LogP contribution in [0.1, 0.15) is 0 Å². The number of fused-ring (bicyclic) bond motifs is 1.